The number of carbonyl (C=O) groups excluding carboxylic acids is 1. The Morgan fingerprint density at radius 3 is 2.55 bits per heavy atom. The topological polar surface area (TPSA) is 47.6 Å². The predicted molar refractivity (Wildman–Crippen MR) is 75.9 cm³/mol. The molecule has 20 heavy (non-hydrogen) atoms. The van der Waals surface area contributed by atoms with Crippen molar-refractivity contribution in [2.24, 2.45) is 5.92 Å². The first-order valence-corrected chi connectivity index (χ1v) is 7.28. The van der Waals surface area contributed by atoms with Gasteiger partial charge in [0.1, 0.15) is 13.2 Å². The summed E-state index contributed by atoms with van der Waals surface area (Å²) in [5.41, 5.74) is 0.636. The van der Waals surface area contributed by atoms with E-state index in [1.165, 1.54) is 6.42 Å². The number of ether oxygens (including phenoxy) is 2. The van der Waals surface area contributed by atoms with Crippen LogP contribution in [0.25, 0.3) is 0 Å². The minimum absolute atomic E-state index is 0.163. The molecule has 0 radical (unpaired) electrons. The SMILES string of the molecule is CC(C)(NC(=O)C1CCC1)c1ccc2c(c1)OCCO2. The van der Waals surface area contributed by atoms with E-state index < -0.39 is 5.54 Å². The van der Waals surface area contributed by atoms with Crippen molar-refractivity contribution in [1.29, 1.82) is 0 Å². The van der Waals surface area contributed by atoms with Crippen molar-refractivity contribution in [1.82, 2.24) is 5.32 Å². The highest BCUT2D eigenvalue weighted by Gasteiger charge is 2.31. The molecule has 1 amide bonds. The van der Waals surface area contributed by atoms with Crippen LogP contribution in [0.1, 0.15) is 38.7 Å². The molecule has 0 unspecified atom stereocenters. The minimum atomic E-state index is -0.400. The highest BCUT2D eigenvalue weighted by molar-refractivity contribution is 5.80. The Kier molecular flexibility index (Phi) is 3.32. The van der Waals surface area contributed by atoms with Gasteiger partial charge < -0.3 is 14.8 Å². The van der Waals surface area contributed by atoms with E-state index in [2.05, 4.69) is 5.32 Å². The Balaban J connectivity index is 1.77. The fraction of sp³-hybridized carbons (Fsp3) is 0.562. The molecule has 0 aromatic heterocycles. The lowest BCUT2D eigenvalue weighted by Crippen LogP contribution is -2.45. The second-order valence-corrected chi connectivity index (χ2v) is 6.10. The summed E-state index contributed by atoms with van der Waals surface area (Å²) in [6, 6.07) is 5.88. The van der Waals surface area contributed by atoms with Gasteiger partial charge in [0.15, 0.2) is 11.5 Å². The zero-order valence-electron chi connectivity index (χ0n) is 12.1. The fourth-order valence-corrected chi connectivity index (χ4v) is 2.58. The first-order chi connectivity index (χ1) is 9.56. The smallest absolute Gasteiger partial charge is 0.223 e. The van der Waals surface area contributed by atoms with Crippen molar-refractivity contribution in [2.75, 3.05) is 13.2 Å². The number of benzene rings is 1. The number of hydrogen-bond acceptors (Lipinski definition) is 3. The summed E-state index contributed by atoms with van der Waals surface area (Å²) in [7, 11) is 0. The van der Waals surface area contributed by atoms with Crippen molar-refractivity contribution in [3.63, 3.8) is 0 Å². The van der Waals surface area contributed by atoms with Crippen molar-refractivity contribution in [3.8, 4) is 11.5 Å². The summed E-state index contributed by atoms with van der Waals surface area (Å²) in [5.74, 6) is 1.91. The molecule has 1 aromatic rings. The largest absolute Gasteiger partial charge is 0.486 e. The molecule has 1 aliphatic heterocycles. The lowest BCUT2D eigenvalue weighted by atomic mass is 9.83. The highest BCUT2D eigenvalue weighted by atomic mass is 16.6. The quantitative estimate of drug-likeness (QED) is 0.922. The summed E-state index contributed by atoms with van der Waals surface area (Å²) in [6.45, 7) is 5.21. The van der Waals surface area contributed by atoms with Crippen LogP contribution in [0.2, 0.25) is 0 Å². The molecule has 108 valence electrons. The third-order valence-corrected chi connectivity index (χ3v) is 4.18. The summed E-state index contributed by atoms with van der Waals surface area (Å²) in [5, 5.41) is 3.15. The van der Waals surface area contributed by atoms with Gasteiger partial charge in [-0.2, -0.15) is 0 Å². The van der Waals surface area contributed by atoms with Crippen molar-refractivity contribution in [3.05, 3.63) is 23.8 Å². The lowest BCUT2D eigenvalue weighted by Gasteiger charge is -2.33. The van der Waals surface area contributed by atoms with E-state index in [9.17, 15) is 4.79 Å². The molecule has 0 atom stereocenters. The molecule has 1 N–H and O–H groups in total. The van der Waals surface area contributed by atoms with Gasteiger partial charge in [-0.15, -0.1) is 0 Å². The lowest BCUT2D eigenvalue weighted by molar-refractivity contribution is -0.129. The number of nitrogens with one attached hydrogen (secondary N) is 1. The van der Waals surface area contributed by atoms with Gasteiger partial charge in [0.05, 0.1) is 5.54 Å². The predicted octanol–water partition coefficient (Wildman–Crippen LogP) is 2.61. The van der Waals surface area contributed by atoms with Gasteiger partial charge >= 0.3 is 0 Å². The maximum Gasteiger partial charge on any atom is 0.223 e. The average molecular weight is 275 g/mol. The summed E-state index contributed by atoms with van der Waals surface area (Å²) in [4.78, 5) is 12.1. The van der Waals surface area contributed by atoms with Gasteiger partial charge in [-0.1, -0.05) is 12.5 Å². The van der Waals surface area contributed by atoms with Gasteiger partial charge in [-0.05, 0) is 44.4 Å². The van der Waals surface area contributed by atoms with Gasteiger partial charge in [-0.25, -0.2) is 0 Å². The average Bonchev–Trinajstić information content (AvgIpc) is 2.35. The zero-order valence-corrected chi connectivity index (χ0v) is 12.1. The molecular formula is C16H21NO3. The number of rotatable bonds is 3. The monoisotopic (exact) mass is 275 g/mol. The fourth-order valence-electron chi connectivity index (χ4n) is 2.58. The zero-order chi connectivity index (χ0) is 14.2. The first kappa shape index (κ1) is 13.3. The maximum atomic E-state index is 12.1. The van der Waals surface area contributed by atoms with E-state index in [0.717, 1.165) is 29.9 Å². The second-order valence-electron chi connectivity index (χ2n) is 6.10. The van der Waals surface area contributed by atoms with Gasteiger partial charge in [0.2, 0.25) is 5.91 Å². The standard InChI is InChI=1S/C16H21NO3/c1-16(2,17-15(18)11-4-3-5-11)12-6-7-13-14(10-12)20-9-8-19-13/h6-7,10-11H,3-5,8-9H2,1-2H3,(H,17,18). The Hall–Kier alpha value is -1.71. The van der Waals surface area contributed by atoms with Crippen LogP contribution in [-0.2, 0) is 10.3 Å². The van der Waals surface area contributed by atoms with E-state index >= 15 is 0 Å². The van der Waals surface area contributed by atoms with E-state index in [1.54, 1.807) is 0 Å². The third kappa shape index (κ3) is 2.47. The molecular weight excluding hydrogens is 254 g/mol. The molecule has 0 saturated heterocycles. The molecule has 1 saturated carbocycles. The Labute approximate surface area is 119 Å². The van der Waals surface area contributed by atoms with Crippen LogP contribution in [-0.4, -0.2) is 19.1 Å². The van der Waals surface area contributed by atoms with Gasteiger partial charge in [-0.3, -0.25) is 4.79 Å². The maximum absolute atomic E-state index is 12.1. The van der Waals surface area contributed by atoms with E-state index in [4.69, 9.17) is 9.47 Å². The summed E-state index contributed by atoms with van der Waals surface area (Å²) >= 11 is 0. The van der Waals surface area contributed by atoms with E-state index in [1.807, 2.05) is 32.0 Å². The van der Waals surface area contributed by atoms with Crippen LogP contribution >= 0.6 is 0 Å². The highest BCUT2D eigenvalue weighted by Crippen LogP contribution is 2.35. The van der Waals surface area contributed by atoms with Crippen LogP contribution in [0.5, 0.6) is 11.5 Å². The molecule has 1 heterocycles. The van der Waals surface area contributed by atoms with Crippen LogP contribution < -0.4 is 14.8 Å². The van der Waals surface area contributed by atoms with Crippen molar-refractivity contribution < 1.29 is 14.3 Å². The molecule has 2 aliphatic rings. The van der Waals surface area contributed by atoms with E-state index in [0.29, 0.717) is 13.2 Å². The van der Waals surface area contributed by atoms with Gasteiger partial charge in [0.25, 0.3) is 0 Å². The molecule has 0 spiro atoms. The van der Waals surface area contributed by atoms with Crippen LogP contribution in [0, 0.1) is 5.92 Å². The Bertz CT molecular complexity index is 520. The second kappa shape index (κ2) is 5.00. The molecule has 4 nitrogen and oxygen atoms in total. The minimum Gasteiger partial charge on any atom is -0.486 e. The number of fused-ring (bicyclic) bond motifs is 1. The van der Waals surface area contributed by atoms with Crippen LogP contribution in [0.3, 0.4) is 0 Å². The van der Waals surface area contributed by atoms with Crippen LogP contribution in [0.15, 0.2) is 18.2 Å². The molecule has 3 rings (SSSR count). The van der Waals surface area contributed by atoms with Gasteiger partial charge in [0, 0.05) is 5.92 Å². The Morgan fingerprint density at radius 1 is 1.20 bits per heavy atom. The first-order valence-electron chi connectivity index (χ1n) is 7.28. The van der Waals surface area contributed by atoms with Crippen molar-refractivity contribution in [2.45, 2.75) is 38.6 Å². The van der Waals surface area contributed by atoms with Crippen molar-refractivity contribution >= 4 is 5.91 Å². The molecule has 1 fully saturated rings. The molecule has 1 aliphatic carbocycles. The van der Waals surface area contributed by atoms with Crippen LogP contribution in [0.4, 0.5) is 0 Å². The number of hydrogen-bond donors (Lipinski definition) is 1. The number of amides is 1. The third-order valence-electron chi connectivity index (χ3n) is 4.18. The summed E-state index contributed by atoms with van der Waals surface area (Å²) in [6.07, 6.45) is 3.20. The Morgan fingerprint density at radius 2 is 1.90 bits per heavy atom. The summed E-state index contributed by atoms with van der Waals surface area (Å²) < 4.78 is 11.1. The molecule has 1 aromatic carbocycles. The molecule has 4 heteroatoms. The molecule has 0 bridgehead atoms. The van der Waals surface area contributed by atoms with E-state index in [-0.39, 0.29) is 11.8 Å². The normalized spacial score (nSPS) is 18.3. The number of carbonyl (C=O) groups is 1.